The van der Waals surface area contributed by atoms with Crippen LogP contribution >= 0.6 is 24.0 Å². The van der Waals surface area contributed by atoms with E-state index in [1.165, 1.54) is 6.92 Å². The smallest absolute Gasteiger partial charge is 0.221 e. The largest absolute Gasteiger partial charge is 0.493 e. The number of guanidine groups is 1. The van der Waals surface area contributed by atoms with Crippen molar-refractivity contribution in [1.29, 1.82) is 0 Å². The molecular formula is C19H25IN4O3. The molecule has 27 heavy (non-hydrogen) atoms. The van der Waals surface area contributed by atoms with Crippen LogP contribution < -0.4 is 25.8 Å². The maximum Gasteiger partial charge on any atom is 0.221 e. The van der Waals surface area contributed by atoms with Crippen molar-refractivity contribution in [3.8, 4) is 11.5 Å². The molecule has 0 saturated heterocycles. The molecule has 8 heteroatoms. The lowest BCUT2D eigenvalue weighted by Gasteiger charge is -2.10. The lowest BCUT2D eigenvalue weighted by Crippen LogP contribution is -2.31. The van der Waals surface area contributed by atoms with E-state index in [2.05, 4.69) is 15.6 Å². The van der Waals surface area contributed by atoms with Gasteiger partial charge in [0.05, 0.1) is 20.8 Å². The number of nitrogens with two attached hydrogens (primary N) is 1. The Morgan fingerprint density at radius 2 is 1.81 bits per heavy atom. The second kappa shape index (κ2) is 11.3. The van der Waals surface area contributed by atoms with Crippen LogP contribution in [-0.4, -0.2) is 26.1 Å². The van der Waals surface area contributed by atoms with Gasteiger partial charge in [-0.2, -0.15) is 0 Å². The fourth-order valence-electron chi connectivity index (χ4n) is 2.37. The van der Waals surface area contributed by atoms with E-state index in [-0.39, 0.29) is 29.9 Å². The molecule has 146 valence electrons. The molecule has 0 saturated carbocycles. The van der Waals surface area contributed by atoms with E-state index in [0.29, 0.717) is 30.5 Å². The second-order valence-electron chi connectivity index (χ2n) is 5.63. The van der Waals surface area contributed by atoms with Crippen LogP contribution in [0.3, 0.4) is 0 Å². The van der Waals surface area contributed by atoms with Gasteiger partial charge in [-0.15, -0.1) is 24.0 Å². The van der Waals surface area contributed by atoms with E-state index in [1.54, 1.807) is 14.2 Å². The van der Waals surface area contributed by atoms with Gasteiger partial charge in [-0.25, -0.2) is 4.99 Å². The number of rotatable bonds is 7. The summed E-state index contributed by atoms with van der Waals surface area (Å²) >= 11 is 0. The number of halogens is 1. The number of hydrogen-bond acceptors (Lipinski definition) is 4. The summed E-state index contributed by atoms with van der Waals surface area (Å²) in [4.78, 5) is 15.4. The number of nitrogens with zero attached hydrogens (tertiary/aromatic N) is 1. The highest BCUT2D eigenvalue weighted by atomic mass is 127. The monoisotopic (exact) mass is 484 g/mol. The van der Waals surface area contributed by atoms with Crippen molar-refractivity contribution in [2.75, 3.05) is 19.5 Å². The average Bonchev–Trinajstić information content (AvgIpc) is 2.64. The molecule has 0 unspecified atom stereocenters. The number of hydrogen-bond donors (Lipinski definition) is 3. The van der Waals surface area contributed by atoms with E-state index in [4.69, 9.17) is 15.2 Å². The highest BCUT2D eigenvalue weighted by Crippen LogP contribution is 2.27. The van der Waals surface area contributed by atoms with E-state index >= 15 is 0 Å². The number of anilines is 1. The molecule has 1 amide bonds. The van der Waals surface area contributed by atoms with Crippen LogP contribution in [0.5, 0.6) is 11.5 Å². The van der Waals surface area contributed by atoms with Crippen LogP contribution in [0.15, 0.2) is 47.5 Å². The fourth-order valence-corrected chi connectivity index (χ4v) is 2.37. The topological polar surface area (TPSA) is 98.0 Å². The summed E-state index contributed by atoms with van der Waals surface area (Å²) < 4.78 is 10.5. The van der Waals surface area contributed by atoms with Gasteiger partial charge in [0.1, 0.15) is 0 Å². The maximum absolute atomic E-state index is 11.1. The minimum absolute atomic E-state index is 0. The third kappa shape index (κ3) is 7.33. The van der Waals surface area contributed by atoms with Crippen LogP contribution in [-0.2, 0) is 17.9 Å². The molecule has 0 spiro atoms. The van der Waals surface area contributed by atoms with Crippen LogP contribution in [0, 0.1) is 0 Å². The standard InChI is InChI=1S/C19H24N4O3.HI/c1-13(24)23-16-6-4-5-14(9-16)11-21-19(20)22-12-15-7-8-17(25-2)18(10-15)26-3;/h4-10H,11-12H2,1-3H3,(H,23,24)(H3,20,21,22);1H. The number of nitrogens with one attached hydrogen (secondary N) is 2. The summed E-state index contributed by atoms with van der Waals surface area (Å²) in [6, 6.07) is 13.1. The number of ether oxygens (including phenoxy) is 2. The second-order valence-corrected chi connectivity index (χ2v) is 5.63. The molecule has 0 fully saturated rings. The highest BCUT2D eigenvalue weighted by molar-refractivity contribution is 14.0. The lowest BCUT2D eigenvalue weighted by molar-refractivity contribution is -0.114. The molecular weight excluding hydrogens is 459 g/mol. The third-order valence-corrected chi connectivity index (χ3v) is 3.60. The van der Waals surface area contributed by atoms with Gasteiger partial charge in [-0.3, -0.25) is 4.79 Å². The number of methoxy groups -OCH3 is 2. The lowest BCUT2D eigenvalue weighted by atomic mass is 10.2. The Kier molecular flexibility index (Phi) is 9.41. The van der Waals surface area contributed by atoms with E-state index in [0.717, 1.165) is 16.8 Å². The van der Waals surface area contributed by atoms with E-state index in [1.807, 2.05) is 42.5 Å². The zero-order valence-corrected chi connectivity index (χ0v) is 17.9. The van der Waals surface area contributed by atoms with Crippen molar-refractivity contribution in [3.63, 3.8) is 0 Å². The molecule has 0 bridgehead atoms. The molecule has 0 aliphatic carbocycles. The molecule has 0 radical (unpaired) electrons. The van der Waals surface area contributed by atoms with E-state index < -0.39 is 0 Å². The number of carbonyl (C=O) groups excluding carboxylic acids is 1. The van der Waals surface area contributed by atoms with Crippen molar-refractivity contribution in [2.24, 2.45) is 10.7 Å². The predicted octanol–water partition coefficient (Wildman–Crippen LogP) is 2.88. The van der Waals surface area contributed by atoms with E-state index in [9.17, 15) is 4.79 Å². The van der Waals surface area contributed by atoms with Crippen LogP contribution in [0.4, 0.5) is 5.69 Å². The van der Waals surface area contributed by atoms with Gasteiger partial charge in [0.15, 0.2) is 17.5 Å². The van der Waals surface area contributed by atoms with Crippen LogP contribution in [0.2, 0.25) is 0 Å². The number of aliphatic imine (C=N–C) groups is 1. The Balaban J connectivity index is 0.00000364. The SMILES string of the molecule is COc1ccc(CNC(N)=NCc2cccc(NC(C)=O)c2)cc1OC.I. The first kappa shape index (κ1) is 22.6. The summed E-state index contributed by atoms with van der Waals surface area (Å²) in [7, 11) is 3.20. The van der Waals surface area contributed by atoms with Gasteiger partial charge in [0.2, 0.25) is 5.91 Å². The summed E-state index contributed by atoms with van der Waals surface area (Å²) in [5.74, 6) is 1.57. The van der Waals surface area contributed by atoms with Gasteiger partial charge in [0.25, 0.3) is 0 Å². The van der Waals surface area contributed by atoms with Crippen molar-refractivity contribution in [3.05, 3.63) is 53.6 Å². The van der Waals surface area contributed by atoms with Gasteiger partial charge < -0.3 is 25.8 Å². The molecule has 2 aromatic rings. The summed E-state index contributed by atoms with van der Waals surface area (Å²) in [5, 5.41) is 5.81. The molecule has 0 atom stereocenters. The van der Waals surface area contributed by atoms with Gasteiger partial charge in [-0.05, 0) is 35.4 Å². The summed E-state index contributed by atoms with van der Waals surface area (Å²) in [5.41, 5.74) is 8.61. The Morgan fingerprint density at radius 3 is 2.48 bits per heavy atom. The Labute approximate surface area is 176 Å². The zero-order chi connectivity index (χ0) is 18.9. The molecule has 0 heterocycles. The predicted molar refractivity (Wildman–Crippen MR) is 118 cm³/mol. The minimum atomic E-state index is -0.109. The minimum Gasteiger partial charge on any atom is -0.493 e. The van der Waals surface area contributed by atoms with Gasteiger partial charge >= 0.3 is 0 Å². The first-order chi connectivity index (χ1) is 12.5. The molecule has 2 aromatic carbocycles. The molecule has 4 N–H and O–H groups in total. The highest BCUT2D eigenvalue weighted by Gasteiger charge is 2.04. The average molecular weight is 484 g/mol. The summed E-state index contributed by atoms with van der Waals surface area (Å²) in [6.45, 7) is 2.40. The molecule has 0 aliphatic heterocycles. The van der Waals surface area contributed by atoms with Crippen molar-refractivity contribution in [2.45, 2.75) is 20.0 Å². The van der Waals surface area contributed by atoms with Crippen molar-refractivity contribution >= 4 is 41.5 Å². The zero-order valence-electron chi connectivity index (χ0n) is 15.6. The molecule has 2 rings (SSSR count). The summed E-state index contributed by atoms with van der Waals surface area (Å²) in [6.07, 6.45) is 0. The Hall–Kier alpha value is -2.49. The van der Waals surface area contributed by atoms with Crippen LogP contribution in [0.25, 0.3) is 0 Å². The van der Waals surface area contributed by atoms with Crippen molar-refractivity contribution in [1.82, 2.24) is 5.32 Å². The Bertz CT molecular complexity index is 796. The van der Waals surface area contributed by atoms with Crippen LogP contribution in [0.1, 0.15) is 18.1 Å². The first-order valence-electron chi connectivity index (χ1n) is 8.13. The van der Waals surface area contributed by atoms with Crippen molar-refractivity contribution < 1.29 is 14.3 Å². The number of benzene rings is 2. The third-order valence-electron chi connectivity index (χ3n) is 3.60. The normalized spacial score (nSPS) is 10.6. The maximum atomic E-state index is 11.1. The molecule has 7 nitrogen and oxygen atoms in total. The Morgan fingerprint density at radius 1 is 1.07 bits per heavy atom. The van der Waals surface area contributed by atoms with Gasteiger partial charge in [0, 0.05) is 19.2 Å². The number of amides is 1. The fraction of sp³-hybridized carbons (Fsp3) is 0.263. The first-order valence-corrected chi connectivity index (χ1v) is 8.13. The molecule has 0 aliphatic rings. The number of carbonyl (C=O) groups is 1. The molecule has 0 aromatic heterocycles. The quantitative estimate of drug-likeness (QED) is 0.319. The van der Waals surface area contributed by atoms with Gasteiger partial charge in [-0.1, -0.05) is 18.2 Å².